The van der Waals surface area contributed by atoms with E-state index in [2.05, 4.69) is 11.6 Å². The van der Waals surface area contributed by atoms with E-state index in [-0.39, 0.29) is 12.2 Å². The van der Waals surface area contributed by atoms with Crippen molar-refractivity contribution in [1.29, 1.82) is 0 Å². The molecule has 1 unspecified atom stereocenters. The van der Waals surface area contributed by atoms with E-state index in [0.29, 0.717) is 0 Å². The molecule has 0 radical (unpaired) electrons. The van der Waals surface area contributed by atoms with Crippen molar-refractivity contribution in [1.82, 2.24) is 0 Å². The predicted octanol–water partition coefficient (Wildman–Crippen LogP) is 3.10. The summed E-state index contributed by atoms with van der Waals surface area (Å²) in [5.41, 5.74) is 0. The molecular weight excluding hydrogens is 259 g/mol. The molecule has 0 bridgehead atoms. The molecule has 102 valence electrons. The third-order valence-corrected chi connectivity index (χ3v) is 5.57. The van der Waals surface area contributed by atoms with Crippen molar-refractivity contribution < 1.29 is 23.5 Å². The molecule has 0 aromatic carbocycles. The Balaban J connectivity index is 4.16. The fraction of sp³-hybridized carbons (Fsp3) is 0.900. The average Bonchev–Trinajstić information content (AvgIpc) is 2.23. The second kappa shape index (κ2) is 7.44. The highest BCUT2D eigenvalue weighted by Gasteiger charge is 2.30. The molecule has 1 atom stereocenters. The number of hydrogen-bond donors (Lipinski definition) is 1. The summed E-state index contributed by atoms with van der Waals surface area (Å²) in [5.74, 6) is -0.299. The Morgan fingerprint density at radius 1 is 1.35 bits per heavy atom. The SMILES string of the molecule is CCCC[Si](C)(C)OOP(=O)(O)CC(=O)CC. The van der Waals surface area contributed by atoms with Crippen LogP contribution in [0.15, 0.2) is 0 Å². The number of unbranched alkanes of at least 4 members (excludes halogenated alkanes) is 1. The monoisotopic (exact) mass is 282 g/mol. The first-order valence-corrected chi connectivity index (χ1v) is 10.8. The Bertz CT molecular complexity index is 292. The number of hydrogen-bond acceptors (Lipinski definition) is 4. The van der Waals surface area contributed by atoms with Gasteiger partial charge in [-0.05, 0) is 19.1 Å². The lowest BCUT2D eigenvalue weighted by atomic mass is 10.4. The van der Waals surface area contributed by atoms with E-state index in [0.717, 1.165) is 18.9 Å². The van der Waals surface area contributed by atoms with Gasteiger partial charge < -0.3 is 4.89 Å². The smallest absolute Gasteiger partial charge is 0.322 e. The molecule has 0 saturated heterocycles. The lowest BCUT2D eigenvalue weighted by Crippen LogP contribution is -2.30. The van der Waals surface area contributed by atoms with Gasteiger partial charge in [-0.25, -0.2) is 0 Å². The van der Waals surface area contributed by atoms with Crippen molar-refractivity contribution in [2.24, 2.45) is 0 Å². The van der Waals surface area contributed by atoms with Crippen LogP contribution >= 0.6 is 7.60 Å². The molecule has 0 rings (SSSR count). The van der Waals surface area contributed by atoms with E-state index >= 15 is 0 Å². The van der Waals surface area contributed by atoms with Crippen molar-refractivity contribution >= 4 is 21.7 Å². The molecular formula is C10H23O5PSi. The number of rotatable bonds is 9. The van der Waals surface area contributed by atoms with Gasteiger partial charge >= 0.3 is 7.60 Å². The van der Waals surface area contributed by atoms with Gasteiger partial charge in [-0.3, -0.25) is 13.9 Å². The molecule has 0 aromatic heterocycles. The van der Waals surface area contributed by atoms with Gasteiger partial charge in [0.25, 0.3) is 0 Å². The molecule has 0 spiro atoms. The Morgan fingerprint density at radius 2 is 1.94 bits per heavy atom. The van der Waals surface area contributed by atoms with Crippen LogP contribution in [0.1, 0.15) is 33.1 Å². The topological polar surface area (TPSA) is 72.8 Å². The summed E-state index contributed by atoms with van der Waals surface area (Å²) in [4.78, 5) is 20.5. The maximum absolute atomic E-state index is 11.5. The summed E-state index contributed by atoms with van der Waals surface area (Å²) in [7, 11) is -5.99. The van der Waals surface area contributed by atoms with Crippen LogP contribution in [0, 0.1) is 0 Å². The average molecular weight is 282 g/mol. The van der Waals surface area contributed by atoms with Crippen LogP contribution in [0.25, 0.3) is 0 Å². The quantitative estimate of drug-likeness (QED) is 0.304. The second-order valence-electron chi connectivity index (χ2n) is 4.71. The van der Waals surface area contributed by atoms with E-state index < -0.39 is 22.1 Å². The van der Waals surface area contributed by atoms with E-state index in [1.807, 2.05) is 13.1 Å². The minimum absolute atomic E-state index is 0.227. The molecule has 0 aliphatic heterocycles. The molecule has 1 N–H and O–H groups in total. The van der Waals surface area contributed by atoms with Gasteiger partial charge in [0.1, 0.15) is 11.9 Å². The fourth-order valence-corrected chi connectivity index (χ4v) is 4.45. The van der Waals surface area contributed by atoms with Crippen LogP contribution in [-0.2, 0) is 18.6 Å². The van der Waals surface area contributed by atoms with Gasteiger partial charge in [0.05, 0.1) is 0 Å². The maximum Gasteiger partial charge on any atom is 0.361 e. The lowest BCUT2D eigenvalue weighted by molar-refractivity contribution is -0.126. The van der Waals surface area contributed by atoms with Gasteiger partial charge in [0.2, 0.25) is 8.32 Å². The highest BCUT2D eigenvalue weighted by Crippen LogP contribution is 2.43. The first-order chi connectivity index (χ1) is 7.72. The first kappa shape index (κ1) is 17.0. The van der Waals surface area contributed by atoms with Crippen LogP contribution < -0.4 is 0 Å². The van der Waals surface area contributed by atoms with Crippen molar-refractivity contribution in [3.05, 3.63) is 0 Å². The molecule has 0 aliphatic carbocycles. The summed E-state index contributed by atoms with van der Waals surface area (Å²) in [6.45, 7) is 7.56. The van der Waals surface area contributed by atoms with E-state index in [1.54, 1.807) is 6.92 Å². The van der Waals surface area contributed by atoms with Gasteiger partial charge in [-0.15, -0.1) is 0 Å². The van der Waals surface area contributed by atoms with Crippen LogP contribution in [0.3, 0.4) is 0 Å². The van der Waals surface area contributed by atoms with Crippen LogP contribution in [0.2, 0.25) is 19.1 Å². The Kier molecular flexibility index (Phi) is 7.43. The first-order valence-electron chi connectivity index (χ1n) is 5.93. The van der Waals surface area contributed by atoms with Crippen molar-refractivity contribution in [2.75, 3.05) is 6.16 Å². The molecule has 7 heteroatoms. The minimum Gasteiger partial charge on any atom is -0.322 e. The van der Waals surface area contributed by atoms with Crippen LogP contribution in [-0.4, -0.2) is 25.2 Å². The molecule has 0 aliphatic rings. The predicted molar refractivity (Wildman–Crippen MR) is 69.4 cm³/mol. The van der Waals surface area contributed by atoms with Gasteiger partial charge in [0, 0.05) is 6.42 Å². The molecule has 5 nitrogen and oxygen atoms in total. The van der Waals surface area contributed by atoms with Crippen molar-refractivity contribution in [3.8, 4) is 0 Å². The minimum atomic E-state index is -3.93. The van der Waals surface area contributed by atoms with Crippen molar-refractivity contribution in [3.63, 3.8) is 0 Å². The van der Waals surface area contributed by atoms with E-state index in [1.165, 1.54) is 0 Å². The Hall–Kier alpha value is -0.00312. The molecule has 0 fully saturated rings. The number of carbonyl (C=O) groups is 1. The van der Waals surface area contributed by atoms with Crippen LogP contribution in [0.4, 0.5) is 0 Å². The summed E-state index contributed by atoms with van der Waals surface area (Å²) >= 11 is 0. The molecule has 0 aromatic rings. The summed E-state index contributed by atoms with van der Waals surface area (Å²) in [6, 6.07) is 0.866. The fourth-order valence-electron chi connectivity index (χ4n) is 1.16. The van der Waals surface area contributed by atoms with E-state index in [9.17, 15) is 14.3 Å². The number of Topliss-reactive ketones (excluding diaryl/α,β-unsaturated/α-hetero) is 1. The lowest BCUT2D eigenvalue weighted by Gasteiger charge is -2.22. The number of ketones is 1. The van der Waals surface area contributed by atoms with Gasteiger partial charge in [0.15, 0.2) is 0 Å². The normalized spacial score (nSPS) is 15.6. The zero-order valence-electron chi connectivity index (χ0n) is 11.1. The summed E-state index contributed by atoms with van der Waals surface area (Å²) in [5, 5.41) is 0. The van der Waals surface area contributed by atoms with E-state index in [4.69, 9.17) is 4.58 Å². The Labute approximate surface area is 104 Å². The molecule has 0 heterocycles. The third-order valence-electron chi connectivity index (χ3n) is 2.28. The molecule has 0 amide bonds. The molecule has 17 heavy (non-hydrogen) atoms. The maximum atomic E-state index is 11.5. The van der Waals surface area contributed by atoms with Gasteiger partial charge in [-0.1, -0.05) is 26.7 Å². The summed E-state index contributed by atoms with van der Waals surface area (Å²) < 4.78 is 21.2. The highest BCUT2D eigenvalue weighted by molar-refractivity contribution is 7.53. The summed E-state index contributed by atoms with van der Waals surface area (Å²) in [6.07, 6.45) is 1.81. The standard InChI is InChI=1S/C10H23O5PSi/c1-5-7-8-17(3,4)15-14-16(12,13)9-10(11)6-2/h5-9H2,1-4H3,(H,12,13). The largest absolute Gasteiger partial charge is 0.361 e. The van der Waals surface area contributed by atoms with Crippen molar-refractivity contribution in [2.45, 2.75) is 52.2 Å². The zero-order chi connectivity index (χ0) is 13.5. The number of carbonyl (C=O) groups excluding carboxylic acids is 1. The van der Waals surface area contributed by atoms with Gasteiger partial charge in [-0.2, -0.15) is 4.67 Å². The van der Waals surface area contributed by atoms with Crippen LogP contribution in [0.5, 0.6) is 0 Å². The highest BCUT2D eigenvalue weighted by atomic mass is 31.2. The Morgan fingerprint density at radius 3 is 2.41 bits per heavy atom. The second-order valence-corrected chi connectivity index (χ2v) is 10.6. The molecule has 0 saturated carbocycles. The zero-order valence-corrected chi connectivity index (χ0v) is 13.0. The third kappa shape index (κ3) is 8.68.